The van der Waals surface area contributed by atoms with Crippen LogP contribution in [0.1, 0.15) is 28.4 Å². The average molecular weight is 359 g/mol. The van der Waals surface area contributed by atoms with Gasteiger partial charge in [-0.15, -0.1) is 0 Å². The number of aromatic carboxylic acids is 1. The lowest BCUT2D eigenvalue weighted by Crippen LogP contribution is -2.33. The number of halogens is 4. The molecule has 2 N–H and O–H groups in total. The van der Waals surface area contributed by atoms with E-state index in [1.165, 1.54) is 18.2 Å². The molecule has 2 aromatic rings. The Morgan fingerprint density at radius 2 is 2.08 bits per heavy atom. The predicted molar refractivity (Wildman–Crippen MR) is 79.8 cm³/mol. The van der Waals surface area contributed by atoms with Crippen LogP contribution in [0.5, 0.6) is 0 Å². The van der Waals surface area contributed by atoms with Crippen LogP contribution in [0, 0.1) is 0 Å². The number of hydrogen-bond donors (Lipinski definition) is 2. The van der Waals surface area contributed by atoms with E-state index in [0.717, 1.165) is 10.8 Å². The van der Waals surface area contributed by atoms with Gasteiger partial charge in [-0.25, -0.2) is 4.79 Å². The first-order valence-corrected chi connectivity index (χ1v) is 7.17. The molecule has 1 aliphatic heterocycles. The number of aromatic nitrogens is 1. The fourth-order valence-corrected chi connectivity index (χ4v) is 2.92. The van der Waals surface area contributed by atoms with Crippen LogP contribution in [0.4, 0.5) is 18.9 Å². The Morgan fingerprint density at radius 1 is 1.38 bits per heavy atom. The van der Waals surface area contributed by atoms with Crippen LogP contribution in [-0.2, 0) is 4.79 Å². The summed E-state index contributed by atoms with van der Waals surface area (Å²) in [7, 11) is 0. The number of amides is 1. The van der Waals surface area contributed by atoms with Crippen molar-refractivity contribution in [2.45, 2.75) is 18.5 Å². The Hall–Kier alpha value is -2.48. The first kappa shape index (κ1) is 16.4. The zero-order chi connectivity index (χ0) is 17.6. The van der Waals surface area contributed by atoms with Crippen LogP contribution in [0.15, 0.2) is 30.5 Å². The molecule has 9 heteroatoms. The topological polar surface area (TPSA) is 71.3 Å². The minimum absolute atomic E-state index is 0.275. The normalized spacial score (nSPS) is 17.3. The summed E-state index contributed by atoms with van der Waals surface area (Å²) in [5, 5.41) is 11.8. The second-order valence-electron chi connectivity index (χ2n) is 5.30. The summed E-state index contributed by atoms with van der Waals surface area (Å²) in [6.45, 7) is 0. The van der Waals surface area contributed by atoms with E-state index >= 15 is 0 Å². The Bertz CT molecular complexity index is 845. The number of alkyl halides is 3. The molecule has 0 aliphatic carbocycles. The number of anilines is 1. The molecule has 2 heterocycles. The van der Waals surface area contributed by atoms with Crippen LogP contribution in [-0.4, -0.2) is 27.7 Å². The Kier molecular flexibility index (Phi) is 3.79. The monoisotopic (exact) mass is 358 g/mol. The van der Waals surface area contributed by atoms with Crippen molar-refractivity contribution in [2.24, 2.45) is 0 Å². The van der Waals surface area contributed by atoms with Gasteiger partial charge in [0.25, 0.3) is 0 Å². The molecule has 0 bridgehead atoms. The summed E-state index contributed by atoms with van der Waals surface area (Å²) in [6, 6.07) is 6.00. The number of carboxylic acid groups (broad SMARTS) is 1. The first-order chi connectivity index (χ1) is 11.2. The number of hydrogen-bond acceptors (Lipinski definition) is 2. The van der Waals surface area contributed by atoms with E-state index in [1.807, 2.05) is 0 Å². The van der Waals surface area contributed by atoms with Gasteiger partial charge in [0.15, 0.2) is 0 Å². The van der Waals surface area contributed by atoms with Crippen LogP contribution in [0.25, 0.3) is 5.69 Å². The molecule has 5 nitrogen and oxygen atoms in total. The van der Waals surface area contributed by atoms with Crippen LogP contribution in [0.2, 0.25) is 5.02 Å². The van der Waals surface area contributed by atoms with Gasteiger partial charge in [-0.3, -0.25) is 4.79 Å². The molecule has 1 aliphatic rings. The van der Waals surface area contributed by atoms with E-state index in [2.05, 4.69) is 5.32 Å². The van der Waals surface area contributed by atoms with E-state index in [1.54, 1.807) is 6.07 Å². The van der Waals surface area contributed by atoms with E-state index in [-0.39, 0.29) is 22.1 Å². The summed E-state index contributed by atoms with van der Waals surface area (Å²) in [5.74, 6) is -4.42. The van der Waals surface area contributed by atoms with Crippen molar-refractivity contribution >= 4 is 29.2 Å². The highest BCUT2D eigenvalue weighted by molar-refractivity contribution is 6.30. The zero-order valence-corrected chi connectivity index (χ0v) is 12.6. The minimum Gasteiger partial charge on any atom is -0.478 e. The molecule has 0 spiro atoms. The largest absolute Gasteiger partial charge is 0.478 e. The third-order valence-electron chi connectivity index (χ3n) is 3.74. The molecular weight excluding hydrogens is 349 g/mol. The minimum atomic E-state index is -4.70. The number of benzene rings is 1. The molecule has 126 valence electrons. The van der Waals surface area contributed by atoms with E-state index < -0.39 is 36.0 Å². The van der Waals surface area contributed by atoms with Gasteiger partial charge in [0, 0.05) is 23.3 Å². The lowest BCUT2D eigenvalue weighted by molar-refractivity contribution is -0.157. The second-order valence-corrected chi connectivity index (χ2v) is 5.74. The summed E-state index contributed by atoms with van der Waals surface area (Å²) in [4.78, 5) is 23.0. The molecular formula is C15H10ClF3N2O3. The van der Waals surface area contributed by atoms with Crippen molar-refractivity contribution in [3.05, 3.63) is 46.7 Å². The third kappa shape index (κ3) is 2.73. The molecule has 1 aromatic carbocycles. The van der Waals surface area contributed by atoms with Crippen molar-refractivity contribution in [1.82, 2.24) is 4.57 Å². The number of nitrogens with zero attached hydrogens (tertiary/aromatic N) is 1. The molecule has 3 rings (SSSR count). The van der Waals surface area contributed by atoms with E-state index in [9.17, 15) is 27.9 Å². The molecule has 1 amide bonds. The van der Waals surface area contributed by atoms with Crippen LogP contribution >= 0.6 is 11.6 Å². The maximum absolute atomic E-state index is 13.4. The SMILES string of the molecule is O=C1CC(C(F)(F)F)c2c(c(C(=O)O)cn2-c2cccc(Cl)c2)N1. The molecule has 1 unspecified atom stereocenters. The van der Waals surface area contributed by atoms with Gasteiger partial charge >= 0.3 is 12.1 Å². The molecule has 0 fully saturated rings. The number of fused-ring (bicyclic) bond motifs is 1. The van der Waals surface area contributed by atoms with Gasteiger partial charge in [-0.1, -0.05) is 17.7 Å². The van der Waals surface area contributed by atoms with Crippen molar-refractivity contribution in [3.8, 4) is 5.69 Å². The number of rotatable bonds is 2. The van der Waals surface area contributed by atoms with Crippen molar-refractivity contribution in [2.75, 3.05) is 5.32 Å². The van der Waals surface area contributed by atoms with Gasteiger partial charge in [-0.2, -0.15) is 13.2 Å². The Morgan fingerprint density at radius 3 is 2.67 bits per heavy atom. The zero-order valence-electron chi connectivity index (χ0n) is 11.9. The van der Waals surface area contributed by atoms with E-state index in [0.29, 0.717) is 0 Å². The quantitative estimate of drug-likeness (QED) is 0.857. The van der Waals surface area contributed by atoms with Crippen molar-refractivity contribution in [1.29, 1.82) is 0 Å². The maximum Gasteiger partial charge on any atom is 0.397 e. The molecule has 0 radical (unpaired) electrons. The van der Waals surface area contributed by atoms with E-state index in [4.69, 9.17) is 11.6 Å². The van der Waals surface area contributed by atoms with Crippen LogP contribution in [0.3, 0.4) is 0 Å². The standard InChI is InChI=1S/C15H10ClF3N2O3/c16-7-2-1-3-8(4-7)21-6-9(14(23)24)12-13(21)10(15(17,18)19)5-11(22)20-12/h1-4,6,10H,5H2,(H,20,22)(H,23,24). The highest BCUT2D eigenvalue weighted by atomic mass is 35.5. The fraction of sp³-hybridized carbons (Fsp3) is 0.200. The molecule has 0 saturated heterocycles. The van der Waals surface area contributed by atoms with Gasteiger partial charge < -0.3 is 15.0 Å². The highest BCUT2D eigenvalue weighted by Crippen LogP contribution is 2.46. The fourth-order valence-electron chi connectivity index (χ4n) is 2.74. The van der Waals surface area contributed by atoms with Gasteiger partial charge in [0.05, 0.1) is 11.4 Å². The van der Waals surface area contributed by atoms with Crippen LogP contribution < -0.4 is 5.32 Å². The third-order valence-corrected chi connectivity index (χ3v) is 3.97. The average Bonchev–Trinajstić information content (AvgIpc) is 2.84. The molecule has 0 saturated carbocycles. The Balaban J connectivity index is 2.30. The highest BCUT2D eigenvalue weighted by Gasteiger charge is 2.48. The number of carbonyl (C=O) groups excluding carboxylic acids is 1. The molecule has 1 atom stereocenters. The lowest BCUT2D eigenvalue weighted by atomic mass is 9.94. The summed E-state index contributed by atoms with van der Waals surface area (Å²) >= 11 is 5.88. The summed E-state index contributed by atoms with van der Waals surface area (Å²) in [5.41, 5.74) is -0.785. The van der Waals surface area contributed by atoms with Gasteiger partial charge in [-0.05, 0) is 18.2 Å². The number of carbonyl (C=O) groups is 2. The molecule has 24 heavy (non-hydrogen) atoms. The summed E-state index contributed by atoms with van der Waals surface area (Å²) < 4.78 is 41.3. The second kappa shape index (κ2) is 5.55. The van der Waals surface area contributed by atoms with Gasteiger partial charge in [0.2, 0.25) is 5.91 Å². The smallest absolute Gasteiger partial charge is 0.397 e. The molecule has 1 aromatic heterocycles. The number of nitrogens with one attached hydrogen (secondary N) is 1. The number of carboxylic acids is 1. The lowest BCUT2D eigenvalue weighted by Gasteiger charge is -2.27. The van der Waals surface area contributed by atoms with Gasteiger partial charge in [0.1, 0.15) is 11.5 Å². The first-order valence-electron chi connectivity index (χ1n) is 6.79. The summed E-state index contributed by atoms with van der Waals surface area (Å²) in [6.07, 6.45) is -4.44. The predicted octanol–water partition coefficient (Wildman–Crippen LogP) is 3.82. The Labute approximate surface area is 138 Å². The van der Waals surface area contributed by atoms with Crippen molar-refractivity contribution in [3.63, 3.8) is 0 Å². The van der Waals surface area contributed by atoms with Crippen molar-refractivity contribution < 1.29 is 27.9 Å². The maximum atomic E-state index is 13.4.